The Kier molecular flexibility index (Phi) is 4.27. The molecule has 1 amide bonds. The van der Waals surface area contributed by atoms with Crippen molar-refractivity contribution in [3.8, 4) is 0 Å². The van der Waals surface area contributed by atoms with Gasteiger partial charge in [0.05, 0.1) is 18.0 Å². The Bertz CT molecular complexity index is 750. The van der Waals surface area contributed by atoms with Crippen LogP contribution in [0.1, 0.15) is 35.2 Å². The molecule has 0 spiro atoms. The molecule has 2 aliphatic rings. The number of aryl methyl sites for hydroxylation is 1. The first-order valence-corrected chi connectivity index (χ1v) is 8.72. The van der Waals surface area contributed by atoms with Crippen LogP contribution in [0.25, 0.3) is 0 Å². The molecule has 3 unspecified atom stereocenters. The highest BCUT2D eigenvalue weighted by molar-refractivity contribution is 6.30. The minimum absolute atomic E-state index is 0.00251. The molecule has 1 aliphatic heterocycles. The molecular formula is C19H20ClN3O. The molecule has 3 N–H and O–H groups in total. The molecule has 1 aliphatic carbocycles. The van der Waals surface area contributed by atoms with Crippen molar-refractivity contribution < 1.29 is 4.79 Å². The molecule has 4 rings (SSSR count). The lowest BCUT2D eigenvalue weighted by molar-refractivity contribution is -0.125. The first-order valence-electron chi connectivity index (χ1n) is 8.34. The van der Waals surface area contributed by atoms with Gasteiger partial charge in [-0.2, -0.15) is 0 Å². The zero-order chi connectivity index (χ0) is 16.5. The quantitative estimate of drug-likeness (QED) is 0.804. The van der Waals surface area contributed by atoms with Crippen molar-refractivity contribution in [3.05, 3.63) is 70.2 Å². The third kappa shape index (κ3) is 2.93. The van der Waals surface area contributed by atoms with E-state index < -0.39 is 0 Å². The molecule has 1 heterocycles. The molecule has 5 heteroatoms. The molecular weight excluding hydrogens is 322 g/mol. The molecule has 2 aromatic rings. The molecule has 0 saturated carbocycles. The fourth-order valence-electron chi connectivity index (χ4n) is 3.73. The van der Waals surface area contributed by atoms with E-state index in [9.17, 15) is 4.79 Å². The van der Waals surface area contributed by atoms with Crippen molar-refractivity contribution >= 4 is 17.5 Å². The molecule has 4 nitrogen and oxygen atoms in total. The van der Waals surface area contributed by atoms with Gasteiger partial charge in [-0.1, -0.05) is 48.0 Å². The number of rotatable bonds is 3. The standard InChI is InChI=1S/C19H20ClN3O/c20-14-7-8-15-13(10-14)6-9-17(15)22-19(24)16-11-21-23-18(16)12-4-2-1-3-5-12/h1-5,7-8,10,16-18,21,23H,6,9,11H2,(H,22,24). The highest BCUT2D eigenvalue weighted by Gasteiger charge is 2.35. The van der Waals surface area contributed by atoms with E-state index in [1.807, 2.05) is 36.4 Å². The smallest absolute Gasteiger partial charge is 0.226 e. The monoisotopic (exact) mass is 341 g/mol. The van der Waals surface area contributed by atoms with Crippen LogP contribution in [0, 0.1) is 5.92 Å². The maximum atomic E-state index is 12.8. The average molecular weight is 342 g/mol. The molecule has 3 atom stereocenters. The van der Waals surface area contributed by atoms with Gasteiger partial charge in [-0.3, -0.25) is 10.2 Å². The highest BCUT2D eigenvalue weighted by Crippen LogP contribution is 2.34. The Labute approximate surface area is 146 Å². The van der Waals surface area contributed by atoms with E-state index >= 15 is 0 Å². The van der Waals surface area contributed by atoms with Gasteiger partial charge in [-0.25, -0.2) is 5.43 Å². The first-order chi connectivity index (χ1) is 11.7. The van der Waals surface area contributed by atoms with Crippen molar-refractivity contribution in [2.24, 2.45) is 5.92 Å². The second-order valence-corrected chi connectivity index (χ2v) is 6.90. The minimum atomic E-state index is -0.122. The van der Waals surface area contributed by atoms with E-state index in [-0.39, 0.29) is 23.9 Å². The molecule has 124 valence electrons. The summed E-state index contributed by atoms with van der Waals surface area (Å²) >= 11 is 6.06. The van der Waals surface area contributed by atoms with Crippen LogP contribution in [0.15, 0.2) is 48.5 Å². The topological polar surface area (TPSA) is 53.2 Å². The zero-order valence-corrected chi connectivity index (χ0v) is 14.0. The van der Waals surface area contributed by atoms with Crippen LogP contribution in [-0.2, 0) is 11.2 Å². The van der Waals surface area contributed by atoms with Gasteiger partial charge < -0.3 is 5.32 Å². The van der Waals surface area contributed by atoms with Gasteiger partial charge >= 0.3 is 0 Å². The van der Waals surface area contributed by atoms with Gasteiger partial charge in [-0.15, -0.1) is 0 Å². The average Bonchev–Trinajstić information content (AvgIpc) is 3.23. The van der Waals surface area contributed by atoms with Crippen molar-refractivity contribution in [1.29, 1.82) is 0 Å². The number of hydrogen-bond acceptors (Lipinski definition) is 3. The lowest BCUT2D eigenvalue weighted by Gasteiger charge is -2.21. The molecule has 0 aromatic heterocycles. The van der Waals surface area contributed by atoms with Crippen LogP contribution in [0.5, 0.6) is 0 Å². The van der Waals surface area contributed by atoms with E-state index in [1.54, 1.807) is 0 Å². The third-order valence-corrected chi connectivity index (χ3v) is 5.21. The molecule has 24 heavy (non-hydrogen) atoms. The molecule has 1 saturated heterocycles. The number of fused-ring (bicyclic) bond motifs is 1. The third-order valence-electron chi connectivity index (χ3n) is 4.98. The van der Waals surface area contributed by atoms with E-state index in [4.69, 9.17) is 11.6 Å². The number of nitrogens with one attached hydrogen (secondary N) is 3. The fraction of sp³-hybridized carbons (Fsp3) is 0.316. The van der Waals surface area contributed by atoms with Crippen molar-refractivity contribution in [1.82, 2.24) is 16.2 Å². The van der Waals surface area contributed by atoms with Crippen LogP contribution in [0.4, 0.5) is 0 Å². The summed E-state index contributed by atoms with van der Waals surface area (Å²) in [5.41, 5.74) is 9.92. The SMILES string of the molecule is O=C(NC1CCc2cc(Cl)ccc21)C1CNNC1c1ccccc1. The predicted octanol–water partition coefficient (Wildman–Crippen LogP) is 2.91. The van der Waals surface area contributed by atoms with Gasteiger partial charge in [0.1, 0.15) is 0 Å². The van der Waals surface area contributed by atoms with Crippen molar-refractivity contribution in [2.45, 2.75) is 24.9 Å². The van der Waals surface area contributed by atoms with E-state index in [0.717, 1.165) is 23.4 Å². The van der Waals surface area contributed by atoms with Gasteiger partial charge in [0.25, 0.3) is 0 Å². The highest BCUT2D eigenvalue weighted by atomic mass is 35.5. The number of amides is 1. The molecule has 2 aromatic carbocycles. The fourth-order valence-corrected chi connectivity index (χ4v) is 3.93. The van der Waals surface area contributed by atoms with Crippen LogP contribution in [-0.4, -0.2) is 12.5 Å². The number of hydrogen-bond donors (Lipinski definition) is 3. The second-order valence-electron chi connectivity index (χ2n) is 6.46. The summed E-state index contributed by atoms with van der Waals surface area (Å²) in [7, 11) is 0. The van der Waals surface area contributed by atoms with E-state index in [1.165, 1.54) is 11.1 Å². The number of carbonyl (C=O) groups is 1. The van der Waals surface area contributed by atoms with Gasteiger partial charge in [0.15, 0.2) is 0 Å². The lowest BCUT2D eigenvalue weighted by atomic mass is 9.93. The molecule has 1 fully saturated rings. The van der Waals surface area contributed by atoms with Crippen molar-refractivity contribution in [3.63, 3.8) is 0 Å². The number of hydrazine groups is 1. The van der Waals surface area contributed by atoms with Gasteiger partial charge in [-0.05, 0) is 41.7 Å². The number of halogens is 1. The first kappa shape index (κ1) is 15.6. The largest absolute Gasteiger partial charge is 0.349 e. The van der Waals surface area contributed by atoms with E-state index in [2.05, 4.69) is 28.3 Å². The molecule has 0 radical (unpaired) electrons. The summed E-state index contributed by atoms with van der Waals surface area (Å²) in [6.45, 7) is 0.631. The normalized spacial score (nSPS) is 25.5. The summed E-state index contributed by atoms with van der Waals surface area (Å²) in [5, 5.41) is 3.99. The maximum Gasteiger partial charge on any atom is 0.226 e. The summed E-state index contributed by atoms with van der Waals surface area (Å²) < 4.78 is 0. The van der Waals surface area contributed by atoms with Crippen LogP contribution in [0.3, 0.4) is 0 Å². The van der Waals surface area contributed by atoms with E-state index in [0.29, 0.717) is 6.54 Å². The Morgan fingerprint density at radius 2 is 2.00 bits per heavy atom. The van der Waals surface area contributed by atoms with Crippen LogP contribution in [0.2, 0.25) is 5.02 Å². The zero-order valence-electron chi connectivity index (χ0n) is 13.3. The summed E-state index contributed by atoms with van der Waals surface area (Å²) in [4.78, 5) is 12.8. The van der Waals surface area contributed by atoms with Crippen LogP contribution >= 0.6 is 11.6 Å². The Morgan fingerprint density at radius 3 is 2.83 bits per heavy atom. The predicted molar refractivity (Wildman–Crippen MR) is 94.5 cm³/mol. The van der Waals surface area contributed by atoms with Gasteiger partial charge in [0.2, 0.25) is 5.91 Å². The minimum Gasteiger partial charge on any atom is -0.349 e. The van der Waals surface area contributed by atoms with Gasteiger partial charge in [0, 0.05) is 11.6 Å². The van der Waals surface area contributed by atoms with Crippen LogP contribution < -0.4 is 16.2 Å². The van der Waals surface area contributed by atoms with Crippen molar-refractivity contribution in [2.75, 3.05) is 6.54 Å². The Hall–Kier alpha value is -1.88. The number of carbonyl (C=O) groups excluding carboxylic acids is 1. The lowest BCUT2D eigenvalue weighted by Crippen LogP contribution is -2.36. The second kappa shape index (κ2) is 6.55. The molecule has 0 bridgehead atoms. The summed E-state index contributed by atoms with van der Waals surface area (Å²) in [6, 6.07) is 16.1. The summed E-state index contributed by atoms with van der Waals surface area (Å²) in [6.07, 6.45) is 1.90. The maximum absolute atomic E-state index is 12.8. The Morgan fingerprint density at radius 1 is 1.17 bits per heavy atom. The summed E-state index contributed by atoms with van der Waals surface area (Å²) in [5.74, 6) is -0.0297. The number of benzene rings is 2. The Balaban J connectivity index is 1.49.